The molecule has 0 saturated carbocycles. The summed E-state index contributed by atoms with van der Waals surface area (Å²) in [7, 11) is -1.94. The number of aliphatic hydroxyl groups excluding tert-OH is 1. The van der Waals surface area contributed by atoms with Crippen molar-refractivity contribution in [3.8, 4) is 0 Å². The van der Waals surface area contributed by atoms with Crippen molar-refractivity contribution >= 4 is 17.1 Å². The van der Waals surface area contributed by atoms with Gasteiger partial charge in [-0.3, -0.25) is 0 Å². The molecule has 2 N–H and O–H groups in total. The number of methoxy groups -OCH3 is 1. The minimum atomic E-state index is -2.87. The molecule has 0 aromatic heterocycles. The molecule has 1 rings (SSSR count). The highest BCUT2D eigenvalue weighted by Crippen LogP contribution is 2.38. The van der Waals surface area contributed by atoms with Gasteiger partial charge in [-0.05, 0) is 39.5 Å². The van der Waals surface area contributed by atoms with Crippen molar-refractivity contribution in [1.82, 2.24) is 0 Å². The van der Waals surface area contributed by atoms with E-state index in [-0.39, 0.29) is 12.0 Å². The van der Waals surface area contributed by atoms with E-state index in [9.17, 15) is 9.90 Å². The molecule has 1 aliphatic heterocycles. The van der Waals surface area contributed by atoms with Gasteiger partial charge in [-0.1, -0.05) is 6.92 Å². The first kappa shape index (κ1) is 22.2. The monoisotopic (exact) mass is 382 g/mol. The molecule has 1 fully saturated rings. The van der Waals surface area contributed by atoms with Crippen molar-refractivity contribution < 1.29 is 32.7 Å². The van der Waals surface area contributed by atoms with Crippen molar-refractivity contribution in [3.05, 3.63) is 0 Å². The largest absolute Gasteiger partial charge is 0.411 e. The summed E-state index contributed by atoms with van der Waals surface area (Å²) in [5, 5.41) is 10.9. The molecule has 5 atom stereocenters. The van der Waals surface area contributed by atoms with Crippen LogP contribution in [-0.2, 0) is 22.8 Å². The maximum Gasteiger partial charge on any atom is 0.331 e. The number of hydrogen-bond acceptors (Lipinski definition) is 7. The molecular formula is C15H34O7Si2. The highest BCUT2D eigenvalue weighted by molar-refractivity contribution is 6.64. The topological polar surface area (TPSA) is 86.6 Å². The Morgan fingerprint density at radius 3 is 2.17 bits per heavy atom. The van der Waals surface area contributed by atoms with Gasteiger partial charge in [-0.15, -0.1) is 0 Å². The fraction of sp³-hybridized carbons (Fsp3) is 1.00. The molecular weight excluding hydrogens is 348 g/mol. The van der Waals surface area contributed by atoms with Crippen LogP contribution < -0.4 is 0 Å². The van der Waals surface area contributed by atoms with Crippen LogP contribution in [0.3, 0.4) is 0 Å². The number of aliphatic hydroxyl groups is 1. The second-order valence-electron chi connectivity index (χ2n) is 7.34. The number of ether oxygens (including phenoxy) is 2. The van der Waals surface area contributed by atoms with Crippen LogP contribution in [0.15, 0.2) is 0 Å². The first-order valence-electron chi connectivity index (χ1n) is 8.39. The fourth-order valence-electron chi connectivity index (χ4n) is 2.87. The minimum absolute atomic E-state index is 0.184. The standard InChI is InChI=1S/C15H34O7Si2/c1-9-11-12(10-20-24(7,8)19-4)21-15(2,18-3)14(13(11)16)22-23(5,6)17/h11-14,16-17H,9-10H2,1-8H3. The van der Waals surface area contributed by atoms with Crippen LogP contribution in [0.25, 0.3) is 0 Å². The Hall–Kier alpha value is 0.154. The highest BCUT2D eigenvalue weighted by atomic mass is 28.4. The lowest BCUT2D eigenvalue weighted by Gasteiger charge is -2.51. The van der Waals surface area contributed by atoms with E-state index in [2.05, 4.69) is 0 Å². The maximum atomic E-state index is 10.9. The van der Waals surface area contributed by atoms with Crippen molar-refractivity contribution in [2.24, 2.45) is 5.92 Å². The van der Waals surface area contributed by atoms with E-state index >= 15 is 0 Å². The highest BCUT2D eigenvalue weighted by Gasteiger charge is 2.54. The second kappa shape index (κ2) is 8.23. The first-order chi connectivity index (χ1) is 10.9. The average molecular weight is 383 g/mol. The summed E-state index contributed by atoms with van der Waals surface area (Å²) in [4.78, 5) is 10.1. The molecule has 1 saturated heterocycles. The molecule has 0 amide bonds. The third kappa shape index (κ3) is 5.58. The summed E-state index contributed by atoms with van der Waals surface area (Å²) >= 11 is 0. The molecule has 1 aliphatic rings. The van der Waals surface area contributed by atoms with Crippen LogP contribution in [0.2, 0.25) is 26.2 Å². The summed E-state index contributed by atoms with van der Waals surface area (Å²) in [6, 6.07) is 0. The van der Waals surface area contributed by atoms with E-state index < -0.39 is 35.1 Å². The molecule has 24 heavy (non-hydrogen) atoms. The summed E-state index contributed by atoms with van der Waals surface area (Å²) in [5.74, 6) is -1.35. The molecule has 7 nitrogen and oxygen atoms in total. The van der Waals surface area contributed by atoms with E-state index in [0.717, 1.165) is 0 Å². The zero-order valence-electron chi connectivity index (χ0n) is 16.2. The minimum Gasteiger partial charge on any atom is -0.411 e. The first-order valence-corrected chi connectivity index (χ1v) is 14.1. The van der Waals surface area contributed by atoms with Gasteiger partial charge in [0.05, 0.1) is 18.8 Å². The zero-order valence-corrected chi connectivity index (χ0v) is 18.2. The van der Waals surface area contributed by atoms with Crippen LogP contribution in [0.5, 0.6) is 0 Å². The van der Waals surface area contributed by atoms with Gasteiger partial charge >= 0.3 is 17.1 Å². The SMILES string of the molecule is CCC1C(CO[Si](C)(C)OC)OC(C)(OC)C(O[Si](C)(C)O)C1O. The van der Waals surface area contributed by atoms with Crippen LogP contribution in [0, 0.1) is 5.92 Å². The van der Waals surface area contributed by atoms with E-state index in [0.29, 0.717) is 13.0 Å². The van der Waals surface area contributed by atoms with Gasteiger partial charge in [0.1, 0.15) is 6.10 Å². The Labute approximate surface area is 147 Å². The van der Waals surface area contributed by atoms with Gasteiger partial charge < -0.3 is 32.7 Å². The lowest BCUT2D eigenvalue weighted by Crippen LogP contribution is -2.65. The van der Waals surface area contributed by atoms with Crippen LogP contribution in [0.1, 0.15) is 20.3 Å². The molecule has 0 spiro atoms. The second-order valence-corrected chi connectivity index (χ2v) is 14.0. The molecule has 5 unspecified atom stereocenters. The molecule has 9 heteroatoms. The maximum absolute atomic E-state index is 10.9. The van der Waals surface area contributed by atoms with E-state index in [1.165, 1.54) is 7.11 Å². The third-order valence-electron chi connectivity index (χ3n) is 4.51. The van der Waals surface area contributed by atoms with Crippen molar-refractivity contribution in [2.45, 2.75) is 70.6 Å². The average Bonchev–Trinajstić information content (AvgIpc) is 2.48. The molecule has 0 bridgehead atoms. The Balaban J connectivity index is 2.99. The van der Waals surface area contributed by atoms with Gasteiger partial charge in [0.25, 0.3) is 0 Å². The number of hydrogen-bond donors (Lipinski definition) is 2. The van der Waals surface area contributed by atoms with Crippen molar-refractivity contribution in [1.29, 1.82) is 0 Å². The number of rotatable bonds is 8. The molecule has 1 heterocycles. The molecule has 0 aromatic carbocycles. The van der Waals surface area contributed by atoms with E-state index in [4.69, 9.17) is 22.8 Å². The Kier molecular flexibility index (Phi) is 7.61. The van der Waals surface area contributed by atoms with Crippen LogP contribution >= 0.6 is 0 Å². The predicted molar refractivity (Wildman–Crippen MR) is 95.1 cm³/mol. The van der Waals surface area contributed by atoms with Gasteiger partial charge in [0.2, 0.25) is 0 Å². The molecule has 0 aromatic rings. The molecule has 0 radical (unpaired) electrons. The predicted octanol–water partition coefficient (Wildman–Crippen LogP) is 1.58. The summed E-state index contributed by atoms with van der Waals surface area (Å²) in [6.45, 7) is 11.2. The molecule has 144 valence electrons. The quantitative estimate of drug-likeness (QED) is 0.616. The van der Waals surface area contributed by atoms with Gasteiger partial charge in [-0.2, -0.15) is 0 Å². The third-order valence-corrected chi connectivity index (χ3v) is 7.18. The molecule has 0 aliphatic carbocycles. The Morgan fingerprint density at radius 2 is 1.75 bits per heavy atom. The van der Waals surface area contributed by atoms with Crippen LogP contribution in [-0.4, -0.2) is 71.9 Å². The van der Waals surface area contributed by atoms with Crippen molar-refractivity contribution in [3.63, 3.8) is 0 Å². The normalized spacial score (nSPS) is 35.2. The lowest BCUT2D eigenvalue weighted by molar-refractivity contribution is -0.339. The summed E-state index contributed by atoms with van der Waals surface area (Å²) < 4.78 is 28.8. The fourth-order valence-corrected chi connectivity index (χ4v) is 4.52. The van der Waals surface area contributed by atoms with Crippen LogP contribution in [0.4, 0.5) is 0 Å². The Bertz CT molecular complexity index is 402. The van der Waals surface area contributed by atoms with E-state index in [1.807, 2.05) is 20.0 Å². The summed E-state index contributed by atoms with van der Waals surface area (Å²) in [5.41, 5.74) is 0. The smallest absolute Gasteiger partial charge is 0.331 e. The summed E-state index contributed by atoms with van der Waals surface area (Å²) in [6.07, 6.45) is -1.24. The lowest BCUT2D eigenvalue weighted by atomic mass is 9.84. The van der Waals surface area contributed by atoms with Crippen molar-refractivity contribution in [2.75, 3.05) is 20.8 Å². The van der Waals surface area contributed by atoms with Gasteiger partial charge in [-0.25, -0.2) is 0 Å². The van der Waals surface area contributed by atoms with Gasteiger partial charge in [0.15, 0.2) is 5.79 Å². The zero-order chi connectivity index (χ0) is 18.8. The Morgan fingerprint density at radius 1 is 1.17 bits per heavy atom. The van der Waals surface area contributed by atoms with Gasteiger partial charge in [0, 0.05) is 20.1 Å². The van der Waals surface area contributed by atoms with E-state index in [1.54, 1.807) is 27.1 Å².